The van der Waals surface area contributed by atoms with Gasteiger partial charge < -0.3 is 10.3 Å². The van der Waals surface area contributed by atoms with Crippen molar-refractivity contribution in [1.29, 1.82) is 0 Å². The van der Waals surface area contributed by atoms with Gasteiger partial charge in [-0.1, -0.05) is 66.7 Å². The molecule has 4 aromatic rings. The lowest BCUT2D eigenvalue weighted by Crippen LogP contribution is -2.44. The number of hydrogen-bond acceptors (Lipinski definition) is 2. The van der Waals surface area contributed by atoms with Crippen LogP contribution in [0, 0.1) is 0 Å². The van der Waals surface area contributed by atoms with Crippen LogP contribution in [0.3, 0.4) is 0 Å². The van der Waals surface area contributed by atoms with E-state index in [9.17, 15) is 4.79 Å². The van der Waals surface area contributed by atoms with Gasteiger partial charge >= 0.3 is 0 Å². The van der Waals surface area contributed by atoms with E-state index in [2.05, 4.69) is 83.9 Å². The first-order valence-electron chi connectivity index (χ1n) is 12.7. The van der Waals surface area contributed by atoms with Crippen molar-refractivity contribution in [3.63, 3.8) is 0 Å². The fourth-order valence-electron chi connectivity index (χ4n) is 5.96. The fourth-order valence-corrected chi connectivity index (χ4v) is 5.96. The molecule has 0 aliphatic heterocycles. The summed E-state index contributed by atoms with van der Waals surface area (Å²) in [4.78, 5) is 18.8. The van der Waals surface area contributed by atoms with Crippen LogP contribution in [0.2, 0.25) is 0 Å². The molecule has 35 heavy (non-hydrogen) atoms. The van der Waals surface area contributed by atoms with Crippen LogP contribution in [-0.2, 0) is 12.0 Å². The van der Waals surface area contributed by atoms with Gasteiger partial charge in [-0.3, -0.25) is 9.69 Å². The van der Waals surface area contributed by atoms with Gasteiger partial charge in [0, 0.05) is 34.2 Å². The van der Waals surface area contributed by atoms with Crippen molar-refractivity contribution in [2.24, 2.45) is 0 Å². The van der Waals surface area contributed by atoms with Crippen LogP contribution in [0.15, 0.2) is 84.9 Å². The van der Waals surface area contributed by atoms with Gasteiger partial charge in [0.25, 0.3) is 5.91 Å². The molecule has 1 aliphatic carbocycles. The minimum atomic E-state index is -0.0108. The van der Waals surface area contributed by atoms with Gasteiger partial charge in [0.1, 0.15) is 0 Å². The largest absolute Gasteiger partial charge is 0.358 e. The second-order valence-corrected chi connectivity index (χ2v) is 10.0. The summed E-state index contributed by atoms with van der Waals surface area (Å²) in [6.45, 7) is 0.626. The highest BCUT2D eigenvalue weighted by Gasteiger charge is 2.39. The molecule has 180 valence electrons. The first-order chi connectivity index (χ1) is 17.1. The predicted octanol–water partition coefficient (Wildman–Crippen LogP) is 6.26. The molecule has 0 unspecified atom stereocenters. The standard InChI is InChI=1S/C31H35N3O/c1-34(2)31(25-13-7-4-8-14-25)20-17-23(18-21-31)29-27(26-15-9-10-16-28(26)33-29)19-22-32-30(35)24-11-5-3-6-12-24/h3-16,23,33H,17-22H2,1-2H3,(H,32,35). The van der Waals surface area contributed by atoms with Gasteiger partial charge in [0.2, 0.25) is 0 Å². The molecule has 0 atom stereocenters. The lowest BCUT2D eigenvalue weighted by atomic mass is 9.70. The summed E-state index contributed by atoms with van der Waals surface area (Å²) in [5.41, 5.74) is 6.13. The number of para-hydroxylation sites is 1. The monoisotopic (exact) mass is 465 g/mol. The second-order valence-electron chi connectivity index (χ2n) is 10.0. The Kier molecular flexibility index (Phi) is 6.74. The Morgan fingerprint density at radius 3 is 2.23 bits per heavy atom. The molecule has 1 fully saturated rings. The Hall–Kier alpha value is -3.37. The number of aromatic amines is 1. The van der Waals surface area contributed by atoms with Gasteiger partial charge in [-0.2, -0.15) is 0 Å². The number of nitrogens with zero attached hydrogens (tertiary/aromatic N) is 1. The summed E-state index contributed by atoms with van der Waals surface area (Å²) in [6, 6.07) is 29.0. The molecular formula is C31H35N3O. The van der Waals surface area contributed by atoms with E-state index >= 15 is 0 Å². The summed E-state index contributed by atoms with van der Waals surface area (Å²) < 4.78 is 0. The quantitative estimate of drug-likeness (QED) is 0.339. The highest BCUT2D eigenvalue weighted by molar-refractivity contribution is 5.94. The molecule has 4 heteroatoms. The van der Waals surface area contributed by atoms with E-state index in [1.165, 1.54) is 27.7 Å². The summed E-state index contributed by atoms with van der Waals surface area (Å²) in [6.07, 6.45) is 5.38. The summed E-state index contributed by atoms with van der Waals surface area (Å²) in [5.74, 6) is 0.488. The van der Waals surface area contributed by atoms with Crippen LogP contribution in [0.1, 0.15) is 58.8 Å². The Morgan fingerprint density at radius 2 is 1.54 bits per heavy atom. The predicted molar refractivity (Wildman–Crippen MR) is 144 cm³/mol. The van der Waals surface area contributed by atoms with Gasteiger partial charge in [-0.15, -0.1) is 0 Å². The second kappa shape index (κ2) is 10.1. The van der Waals surface area contributed by atoms with Crippen LogP contribution < -0.4 is 5.32 Å². The number of fused-ring (bicyclic) bond motifs is 1. The number of benzene rings is 3. The number of aromatic nitrogens is 1. The van der Waals surface area contributed by atoms with Crippen molar-refractivity contribution >= 4 is 16.8 Å². The third kappa shape index (κ3) is 4.63. The van der Waals surface area contributed by atoms with E-state index in [-0.39, 0.29) is 11.4 Å². The molecule has 0 radical (unpaired) electrons. The van der Waals surface area contributed by atoms with Crippen LogP contribution in [-0.4, -0.2) is 36.4 Å². The maximum Gasteiger partial charge on any atom is 0.251 e. The Balaban J connectivity index is 1.35. The minimum absolute atomic E-state index is 0.0108. The van der Waals surface area contributed by atoms with Gasteiger partial charge in [-0.25, -0.2) is 0 Å². The molecular weight excluding hydrogens is 430 g/mol. The highest BCUT2D eigenvalue weighted by Crippen LogP contribution is 2.47. The Bertz CT molecular complexity index is 1270. The van der Waals surface area contributed by atoms with E-state index in [0.717, 1.165) is 32.1 Å². The molecule has 1 saturated carbocycles. The van der Waals surface area contributed by atoms with Crippen LogP contribution in [0.5, 0.6) is 0 Å². The first-order valence-corrected chi connectivity index (χ1v) is 12.7. The van der Waals surface area contributed by atoms with E-state index < -0.39 is 0 Å². The summed E-state index contributed by atoms with van der Waals surface area (Å²) in [5, 5.41) is 4.40. The van der Waals surface area contributed by atoms with Gasteiger partial charge in [0.05, 0.1) is 0 Å². The Morgan fingerprint density at radius 1 is 0.914 bits per heavy atom. The smallest absolute Gasteiger partial charge is 0.251 e. The zero-order valence-corrected chi connectivity index (χ0v) is 20.8. The zero-order valence-electron chi connectivity index (χ0n) is 20.8. The molecule has 0 saturated heterocycles. The number of carbonyl (C=O) groups excluding carboxylic acids is 1. The molecule has 0 bridgehead atoms. The first kappa shape index (κ1) is 23.4. The number of amides is 1. The zero-order chi connectivity index (χ0) is 24.3. The maximum atomic E-state index is 12.6. The summed E-state index contributed by atoms with van der Waals surface area (Å²) >= 11 is 0. The molecule has 0 spiro atoms. The van der Waals surface area contributed by atoms with Gasteiger partial charge in [0.15, 0.2) is 0 Å². The minimum Gasteiger partial charge on any atom is -0.358 e. The van der Waals surface area contributed by atoms with Crippen molar-refractivity contribution in [1.82, 2.24) is 15.2 Å². The van der Waals surface area contributed by atoms with E-state index in [1.807, 2.05) is 30.3 Å². The highest BCUT2D eigenvalue weighted by atomic mass is 16.1. The molecule has 5 rings (SSSR count). The van der Waals surface area contributed by atoms with E-state index in [1.54, 1.807) is 0 Å². The van der Waals surface area contributed by atoms with Crippen molar-refractivity contribution in [3.8, 4) is 0 Å². The normalized spacial score (nSPS) is 20.3. The van der Waals surface area contributed by atoms with Crippen molar-refractivity contribution in [3.05, 3.63) is 107 Å². The fraction of sp³-hybridized carbons (Fsp3) is 0.323. The molecule has 3 aromatic carbocycles. The molecule has 1 aliphatic rings. The Labute approximate surface area is 208 Å². The van der Waals surface area contributed by atoms with Gasteiger partial charge in [-0.05, 0) is 81.4 Å². The van der Waals surface area contributed by atoms with Crippen molar-refractivity contribution in [2.75, 3.05) is 20.6 Å². The lowest BCUT2D eigenvalue weighted by molar-refractivity contribution is 0.0903. The molecule has 4 nitrogen and oxygen atoms in total. The number of H-pyrrole nitrogens is 1. The number of hydrogen-bond donors (Lipinski definition) is 2. The number of carbonyl (C=O) groups is 1. The molecule has 1 aromatic heterocycles. The lowest BCUT2D eigenvalue weighted by Gasteiger charge is -2.45. The SMILES string of the molecule is CN(C)C1(c2ccccc2)CCC(c2[nH]c3ccccc3c2CCNC(=O)c2ccccc2)CC1. The average Bonchev–Trinajstić information content (AvgIpc) is 3.28. The van der Waals surface area contributed by atoms with E-state index in [4.69, 9.17) is 0 Å². The molecule has 1 amide bonds. The maximum absolute atomic E-state index is 12.6. The number of rotatable bonds is 7. The molecule has 1 heterocycles. The van der Waals surface area contributed by atoms with Crippen molar-refractivity contribution in [2.45, 2.75) is 43.6 Å². The summed E-state index contributed by atoms with van der Waals surface area (Å²) in [7, 11) is 4.44. The average molecular weight is 466 g/mol. The van der Waals surface area contributed by atoms with Crippen LogP contribution >= 0.6 is 0 Å². The molecule has 2 N–H and O–H groups in total. The van der Waals surface area contributed by atoms with Crippen LogP contribution in [0.25, 0.3) is 10.9 Å². The number of nitrogens with one attached hydrogen (secondary N) is 2. The van der Waals surface area contributed by atoms with Crippen LogP contribution in [0.4, 0.5) is 0 Å². The van der Waals surface area contributed by atoms with E-state index in [0.29, 0.717) is 18.0 Å². The third-order valence-corrected chi connectivity index (χ3v) is 7.93. The van der Waals surface area contributed by atoms with Crippen molar-refractivity contribution < 1.29 is 4.79 Å². The topological polar surface area (TPSA) is 48.1 Å². The third-order valence-electron chi connectivity index (χ3n) is 7.93.